The van der Waals surface area contributed by atoms with E-state index in [1.807, 2.05) is 35.0 Å². The summed E-state index contributed by atoms with van der Waals surface area (Å²) in [5.74, 6) is -0.118. The molecule has 0 atom stereocenters. The third-order valence-electron chi connectivity index (χ3n) is 3.76. The van der Waals surface area contributed by atoms with Crippen molar-refractivity contribution in [2.45, 2.75) is 13.1 Å². The van der Waals surface area contributed by atoms with Gasteiger partial charge in [-0.15, -0.1) is 22.7 Å². The summed E-state index contributed by atoms with van der Waals surface area (Å²) in [6, 6.07) is 12.1. The third-order valence-corrected chi connectivity index (χ3v) is 5.49. The van der Waals surface area contributed by atoms with Crippen LogP contribution in [0.1, 0.15) is 20.1 Å². The molecule has 1 aromatic carbocycles. The van der Waals surface area contributed by atoms with E-state index in [0.717, 1.165) is 9.75 Å². The molecule has 0 saturated carbocycles. The lowest BCUT2D eigenvalue weighted by atomic mass is 10.1. The number of methoxy groups -OCH3 is 1. The topological polar surface area (TPSA) is 72.7 Å². The van der Waals surface area contributed by atoms with E-state index in [2.05, 4.69) is 0 Å². The van der Waals surface area contributed by atoms with Crippen LogP contribution in [0.25, 0.3) is 0 Å². The van der Waals surface area contributed by atoms with Gasteiger partial charge in [-0.05, 0) is 35.0 Å². The fourth-order valence-electron chi connectivity index (χ4n) is 2.53. The van der Waals surface area contributed by atoms with Gasteiger partial charge in [0.1, 0.15) is 0 Å². The number of amides is 1. The average Bonchev–Trinajstić information content (AvgIpc) is 3.34. The molecule has 3 rings (SSSR count). The molecule has 134 valence electrons. The van der Waals surface area contributed by atoms with Crippen LogP contribution in [0.2, 0.25) is 0 Å². The first-order valence-electron chi connectivity index (χ1n) is 7.75. The van der Waals surface area contributed by atoms with Crippen molar-refractivity contribution in [2.24, 2.45) is 0 Å². The van der Waals surface area contributed by atoms with Crippen LogP contribution in [-0.4, -0.2) is 22.8 Å². The molecule has 8 heteroatoms. The lowest BCUT2D eigenvalue weighted by molar-refractivity contribution is -0.385. The molecule has 0 fully saturated rings. The number of thiophene rings is 2. The molecule has 3 aromatic rings. The summed E-state index contributed by atoms with van der Waals surface area (Å²) in [6.07, 6.45) is 0. The molecule has 2 heterocycles. The Hall–Kier alpha value is -2.71. The van der Waals surface area contributed by atoms with Gasteiger partial charge in [0.25, 0.3) is 5.91 Å². The van der Waals surface area contributed by atoms with Gasteiger partial charge >= 0.3 is 5.69 Å². The first-order valence-corrected chi connectivity index (χ1v) is 9.51. The van der Waals surface area contributed by atoms with Gasteiger partial charge in [0.2, 0.25) is 0 Å². The number of nitrogens with zero attached hydrogens (tertiary/aromatic N) is 2. The molecule has 1 amide bonds. The lowest BCUT2D eigenvalue weighted by Crippen LogP contribution is -2.29. The second-order valence-electron chi connectivity index (χ2n) is 5.46. The van der Waals surface area contributed by atoms with E-state index >= 15 is 0 Å². The molecule has 0 bridgehead atoms. The number of nitro benzene ring substituents is 1. The third kappa shape index (κ3) is 4.09. The minimum atomic E-state index is -0.543. The second kappa shape index (κ2) is 8.11. The molecule has 0 aliphatic rings. The van der Waals surface area contributed by atoms with E-state index in [0.29, 0.717) is 13.1 Å². The Morgan fingerprint density at radius 1 is 1.12 bits per heavy atom. The first kappa shape index (κ1) is 18.1. The Balaban J connectivity index is 1.91. The van der Waals surface area contributed by atoms with Gasteiger partial charge in [-0.1, -0.05) is 12.1 Å². The number of rotatable bonds is 7. The maximum absolute atomic E-state index is 13.0. The fraction of sp³-hybridized carbons (Fsp3) is 0.167. The van der Waals surface area contributed by atoms with Crippen LogP contribution in [0.4, 0.5) is 5.69 Å². The number of hydrogen-bond donors (Lipinski definition) is 0. The Kier molecular flexibility index (Phi) is 5.65. The van der Waals surface area contributed by atoms with Crippen molar-refractivity contribution in [3.05, 3.63) is 78.7 Å². The number of ether oxygens (including phenoxy) is 1. The van der Waals surface area contributed by atoms with Crippen LogP contribution in [0, 0.1) is 10.1 Å². The molecule has 6 nitrogen and oxygen atoms in total. The van der Waals surface area contributed by atoms with E-state index in [-0.39, 0.29) is 22.9 Å². The van der Waals surface area contributed by atoms with E-state index in [4.69, 9.17) is 4.74 Å². The minimum Gasteiger partial charge on any atom is -0.490 e. The monoisotopic (exact) mass is 388 g/mol. The van der Waals surface area contributed by atoms with Crippen molar-refractivity contribution >= 4 is 34.3 Å². The highest BCUT2D eigenvalue weighted by Crippen LogP contribution is 2.29. The van der Waals surface area contributed by atoms with Gasteiger partial charge in [0.15, 0.2) is 5.75 Å². The van der Waals surface area contributed by atoms with E-state index in [1.54, 1.807) is 33.6 Å². The molecular formula is C18H16N2O4S2. The SMILES string of the molecule is COc1ccc(C(=O)N(Cc2cccs2)Cc2cccs2)cc1[N+](=O)[O-]. The summed E-state index contributed by atoms with van der Waals surface area (Å²) in [7, 11) is 1.36. The molecule has 0 saturated heterocycles. The van der Waals surface area contributed by atoms with Gasteiger partial charge in [-0.25, -0.2) is 0 Å². The van der Waals surface area contributed by atoms with Crippen molar-refractivity contribution in [3.8, 4) is 5.75 Å². The molecule has 26 heavy (non-hydrogen) atoms. The van der Waals surface area contributed by atoms with Gasteiger partial charge in [0.05, 0.1) is 25.1 Å². The lowest BCUT2D eigenvalue weighted by Gasteiger charge is -2.21. The van der Waals surface area contributed by atoms with Crippen LogP contribution >= 0.6 is 22.7 Å². The largest absolute Gasteiger partial charge is 0.490 e. The quantitative estimate of drug-likeness (QED) is 0.439. The van der Waals surface area contributed by atoms with Gasteiger partial charge in [-0.3, -0.25) is 14.9 Å². The summed E-state index contributed by atoms with van der Waals surface area (Å²) in [5.41, 5.74) is 0.0520. The smallest absolute Gasteiger partial charge is 0.311 e. The van der Waals surface area contributed by atoms with Crippen molar-refractivity contribution in [2.75, 3.05) is 7.11 Å². The van der Waals surface area contributed by atoms with Crippen LogP contribution < -0.4 is 4.74 Å². The zero-order valence-corrected chi connectivity index (χ0v) is 15.6. The highest BCUT2D eigenvalue weighted by molar-refractivity contribution is 7.10. The maximum atomic E-state index is 13.0. The Bertz CT molecular complexity index is 856. The van der Waals surface area contributed by atoms with Crippen molar-refractivity contribution in [1.29, 1.82) is 0 Å². The van der Waals surface area contributed by atoms with Crippen molar-refractivity contribution in [3.63, 3.8) is 0 Å². The maximum Gasteiger partial charge on any atom is 0.311 e. The number of benzene rings is 1. The molecule has 0 spiro atoms. The fourth-order valence-corrected chi connectivity index (χ4v) is 3.97. The van der Waals surface area contributed by atoms with Crippen molar-refractivity contribution in [1.82, 2.24) is 4.90 Å². The number of carbonyl (C=O) groups is 1. The molecular weight excluding hydrogens is 372 g/mol. The van der Waals surface area contributed by atoms with E-state index in [9.17, 15) is 14.9 Å². The van der Waals surface area contributed by atoms with E-state index in [1.165, 1.54) is 19.2 Å². The Morgan fingerprint density at radius 3 is 2.19 bits per heavy atom. The Morgan fingerprint density at radius 2 is 1.73 bits per heavy atom. The normalized spacial score (nSPS) is 10.5. The number of carbonyl (C=O) groups excluding carboxylic acids is 1. The summed E-state index contributed by atoms with van der Waals surface area (Å²) in [6.45, 7) is 0.905. The van der Waals surface area contributed by atoms with Gasteiger partial charge < -0.3 is 9.64 Å². The standard InChI is InChI=1S/C18H16N2O4S2/c1-24-17-7-6-13(10-16(17)20(22)23)18(21)19(11-14-4-2-8-25-14)12-15-5-3-9-26-15/h2-10H,11-12H2,1H3. The first-order chi connectivity index (χ1) is 12.6. The number of nitro groups is 1. The second-order valence-corrected chi connectivity index (χ2v) is 7.53. The van der Waals surface area contributed by atoms with Crippen LogP contribution in [0.3, 0.4) is 0 Å². The van der Waals surface area contributed by atoms with E-state index < -0.39 is 4.92 Å². The molecule has 0 radical (unpaired) electrons. The molecule has 0 aliphatic heterocycles. The van der Waals surface area contributed by atoms with Gasteiger partial charge in [0, 0.05) is 21.4 Å². The van der Waals surface area contributed by atoms with Gasteiger partial charge in [-0.2, -0.15) is 0 Å². The zero-order chi connectivity index (χ0) is 18.5. The minimum absolute atomic E-state index is 0.134. The molecule has 0 unspecified atom stereocenters. The zero-order valence-electron chi connectivity index (χ0n) is 14.0. The molecule has 0 N–H and O–H groups in total. The van der Waals surface area contributed by atoms with Crippen LogP contribution in [-0.2, 0) is 13.1 Å². The average molecular weight is 388 g/mol. The highest BCUT2D eigenvalue weighted by Gasteiger charge is 2.22. The highest BCUT2D eigenvalue weighted by atomic mass is 32.1. The van der Waals surface area contributed by atoms with Crippen LogP contribution in [0.5, 0.6) is 5.75 Å². The predicted octanol–water partition coefficient (Wildman–Crippen LogP) is 4.57. The predicted molar refractivity (Wildman–Crippen MR) is 102 cm³/mol. The van der Waals surface area contributed by atoms with Crippen LogP contribution in [0.15, 0.2) is 53.2 Å². The summed E-state index contributed by atoms with van der Waals surface area (Å²) >= 11 is 3.14. The molecule has 2 aromatic heterocycles. The summed E-state index contributed by atoms with van der Waals surface area (Å²) in [4.78, 5) is 27.5. The summed E-state index contributed by atoms with van der Waals surface area (Å²) < 4.78 is 5.01. The van der Waals surface area contributed by atoms with Crippen molar-refractivity contribution < 1.29 is 14.5 Å². The Labute approximate surface area is 158 Å². The molecule has 0 aliphatic carbocycles. The number of hydrogen-bond acceptors (Lipinski definition) is 6. The summed E-state index contributed by atoms with van der Waals surface area (Å²) in [5, 5.41) is 15.2.